The van der Waals surface area contributed by atoms with Crippen molar-refractivity contribution in [3.63, 3.8) is 0 Å². The van der Waals surface area contributed by atoms with Gasteiger partial charge in [-0.3, -0.25) is 19.2 Å². The number of nitrogens with zero attached hydrogens (tertiary/aromatic N) is 4. The molecule has 300 valence electrons. The number of carboxylic acids is 2. The molecule has 0 aliphatic carbocycles. The zero-order valence-corrected chi connectivity index (χ0v) is 32.8. The van der Waals surface area contributed by atoms with Crippen LogP contribution in [0, 0.1) is 10.8 Å². The summed E-state index contributed by atoms with van der Waals surface area (Å²) in [6.07, 6.45) is 4.26. The molecular weight excluding hydrogens is 737 g/mol. The Balaban J connectivity index is 0.000000221. The molecule has 0 bridgehead atoms. The number of aromatic nitrogens is 6. The maximum atomic E-state index is 12.4. The molecule has 2 aromatic heterocycles. The van der Waals surface area contributed by atoms with Crippen LogP contribution >= 0.6 is 0 Å². The van der Waals surface area contributed by atoms with Gasteiger partial charge in [-0.2, -0.15) is 30.8 Å². The molecule has 0 saturated heterocycles. The number of nitrogens with one attached hydrogen (secondary N) is 4. The Hall–Kier alpha value is -6.96. The Bertz CT molecular complexity index is 2060. The van der Waals surface area contributed by atoms with E-state index in [9.17, 15) is 29.4 Å². The van der Waals surface area contributed by atoms with Crippen molar-refractivity contribution in [2.45, 2.75) is 65.5 Å². The Labute approximate surface area is 336 Å². The van der Waals surface area contributed by atoms with E-state index in [2.05, 4.69) is 41.5 Å². The van der Waals surface area contributed by atoms with Gasteiger partial charge >= 0.3 is 11.9 Å². The highest BCUT2D eigenvalue weighted by molar-refractivity contribution is 5.92. The van der Waals surface area contributed by atoms with Crippen LogP contribution in [0.15, 0.2) is 122 Å². The van der Waals surface area contributed by atoms with Crippen LogP contribution in [-0.2, 0) is 22.4 Å². The van der Waals surface area contributed by atoms with E-state index in [0.717, 1.165) is 33.4 Å². The van der Waals surface area contributed by atoms with E-state index >= 15 is 0 Å². The van der Waals surface area contributed by atoms with Crippen molar-refractivity contribution < 1.29 is 29.4 Å². The molecule has 2 amide bonds. The highest BCUT2D eigenvalue weighted by Crippen LogP contribution is 2.27. The summed E-state index contributed by atoms with van der Waals surface area (Å²) >= 11 is 0. The quantitative estimate of drug-likeness (QED) is 0.0616. The third-order valence-electron chi connectivity index (χ3n) is 9.72. The van der Waals surface area contributed by atoms with Gasteiger partial charge in [0, 0.05) is 12.1 Å². The van der Waals surface area contributed by atoms with E-state index in [-0.39, 0.29) is 48.1 Å². The second-order valence-corrected chi connectivity index (χ2v) is 15.4. The van der Waals surface area contributed by atoms with Crippen molar-refractivity contribution >= 4 is 23.8 Å². The van der Waals surface area contributed by atoms with Crippen molar-refractivity contribution in [1.82, 2.24) is 41.5 Å². The Morgan fingerprint density at radius 1 is 0.534 bits per heavy atom. The maximum absolute atomic E-state index is 12.4. The number of aliphatic carboxylic acids is 2. The molecule has 0 spiro atoms. The molecular formula is C44H48N8O6. The molecule has 6 rings (SSSR count). The van der Waals surface area contributed by atoms with Gasteiger partial charge in [0.25, 0.3) is 11.8 Å². The SMILES string of the molecule is CC(C)(C[C@@H](Cc1ccc(-c2ccccc2)cc1)NC(=O)c1cn[nH]n1)C(=O)O.CC(C)(C[C@@H](Cc1ccc(-c2ccccc2)cc1)NC(=O)c1cn[nH]n1)C(=O)O. The molecule has 0 unspecified atom stereocenters. The van der Waals surface area contributed by atoms with Crippen molar-refractivity contribution in [1.29, 1.82) is 0 Å². The van der Waals surface area contributed by atoms with Gasteiger partial charge in [-0.1, -0.05) is 109 Å². The van der Waals surface area contributed by atoms with Crippen LogP contribution in [0.1, 0.15) is 72.6 Å². The van der Waals surface area contributed by atoms with E-state index in [1.54, 1.807) is 27.7 Å². The standard InChI is InChI=1S/2C22H24N4O3/c2*1-22(2,21(28)29)13-18(24-20(27)19-14-23-26-25-19)12-15-8-10-17(11-9-15)16-6-4-3-5-7-16/h2*3-11,14,18H,12-13H2,1-2H3,(H,24,27)(H,28,29)(H,23,25,26)/t2*18-/m11/s1. The Kier molecular flexibility index (Phi) is 14.0. The normalized spacial score (nSPS) is 12.3. The molecule has 2 heterocycles. The first-order chi connectivity index (χ1) is 27.7. The van der Waals surface area contributed by atoms with Crippen LogP contribution in [0.25, 0.3) is 22.3 Å². The molecule has 0 aliphatic rings. The maximum Gasteiger partial charge on any atom is 0.309 e. The van der Waals surface area contributed by atoms with Gasteiger partial charge < -0.3 is 20.8 Å². The van der Waals surface area contributed by atoms with Gasteiger partial charge in [0.1, 0.15) is 0 Å². The summed E-state index contributed by atoms with van der Waals surface area (Å²) in [6.45, 7) is 6.62. The Morgan fingerprint density at radius 2 is 0.862 bits per heavy atom. The number of carbonyl (C=O) groups excluding carboxylic acids is 2. The highest BCUT2D eigenvalue weighted by atomic mass is 16.4. The topological polar surface area (TPSA) is 216 Å². The first kappa shape index (κ1) is 42.2. The zero-order chi connectivity index (χ0) is 41.7. The smallest absolute Gasteiger partial charge is 0.309 e. The fourth-order valence-electron chi connectivity index (χ4n) is 6.39. The molecule has 6 aromatic rings. The predicted molar refractivity (Wildman–Crippen MR) is 219 cm³/mol. The van der Waals surface area contributed by atoms with Gasteiger partial charge in [0.15, 0.2) is 11.4 Å². The lowest BCUT2D eigenvalue weighted by molar-refractivity contribution is -0.148. The summed E-state index contributed by atoms with van der Waals surface area (Å²) in [4.78, 5) is 48.0. The Morgan fingerprint density at radius 3 is 1.16 bits per heavy atom. The minimum atomic E-state index is -0.980. The van der Waals surface area contributed by atoms with Gasteiger partial charge in [0.05, 0.1) is 23.2 Å². The third-order valence-corrected chi connectivity index (χ3v) is 9.72. The minimum Gasteiger partial charge on any atom is -0.481 e. The number of carboxylic acid groups (broad SMARTS) is 2. The van der Waals surface area contributed by atoms with Crippen LogP contribution in [0.4, 0.5) is 0 Å². The molecule has 0 saturated carbocycles. The van der Waals surface area contributed by atoms with Gasteiger partial charge in [-0.25, -0.2) is 0 Å². The molecule has 14 nitrogen and oxygen atoms in total. The van der Waals surface area contributed by atoms with Crippen molar-refractivity contribution in [2.24, 2.45) is 10.8 Å². The molecule has 2 atom stereocenters. The van der Waals surface area contributed by atoms with Crippen molar-refractivity contribution in [3.05, 3.63) is 144 Å². The summed E-state index contributed by atoms with van der Waals surface area (Å²) in [5, 5.41) is 44.5. The van der Waals surface area contributed by atoms with Crippen LogP contribution in [-0.4, -0.2) is 76.9 Å². The fraction of sp³-hybridized carbons (Fsp3) is 0.273. The average molecular weight is 785 g/mol. The van der Waals surface area contributed by atoms with Crippen LogP contribution in [0.3, 0.4) is 0 Å². The third kappa shape index (κ3) is 12.0. The molecule has 0 radical (unpaired) electrons. The highest BCUT2D eigenvalue weighted by Gasteiger charge is 2.33. The number of amides is 2. The number of aromatic amines is 2. The average Bonchev–Trinajstić information content (AvgIpc) is 3.96. The number of hydrogen-bond acceptors (Lipinski definition) is 8. The van der Waals surface area contributed by atoms with Gasteiger partial charge in [-0.15, -0.1) is 0 Å². The lowest BCUT2D eigenvalue weighted by Gasteiger charge is -2.27. The molecule has 4 aromatic carbocycles. The van der Waals surface area contributed by atoms with E-state index in [1.165, 1.54) is 12.4 Å². The molecule has 14 heteroatoms. The first-order valence-electron chi connectivity index (χ1n) is 18.8. The first-order valence-corrected chi connectivity index (χ1v) is 18.8. The van der Waals surface area contributed by atoms with E-state index in [0.29, 0.717) is 12.8 Å². The largest absolute Gasteiger partial charge is 0.481 e. The minimum absolute atomic E-state index is 0.169. The lowest BCUT2D eigenvalue weighted by Crippen LogP contribution is -2.41. The van der Waals surface area contributed by atoms with Gasteiger partial charge in [-0.05, 0) is 86.8 Å². The number of carbonyl (C=O) groups is 4. The van der Waals surface area contributed by atoms with Crippen LogP contribution in [0.5, 0.6) is 0 Å². The van der Waals surface area contributed by atoms with E-state index in [1.807, 2.05) is 109 Å². The lowest BCUT2D eigenvalue weighted by atomic mass is 9.83. The number of hydrogen-bond donors (Lipinski definition) is 6. The summed E-state index contributed by atoms with van der Waals surface area (Å²) in [5.41, 5.74) is 4.85. The summed E-state index contributed by atoms with van der Waals surface area (Å²) in [7, 11) is 0. The summed E-state index contributed by atoms with van der Waals surface area (Å²) < 4.78 is 0. The zero-order valence-electron chi connectivity index (χ0n) is 32.8. The molecule has 0 fully saturated rings. The number of benzene rings is 4. The summed E-state index contributed by atoms with van der Waals surface area (Å²) in [6, 6.07) is 35.5. The van der Waals surface area contributed by atoms with Crippen LogP contribution < -0.4 is 10.6 Å². The van der Waals surface area contributed by atoms with Crippen molar-refractivity contribution in [2.75, 3.05) is 0 Å². The molecule has 0 aliphatic heterocycles. The molecule has 6 N–H and O–H groups in total. The summed E-state index contributed by atoms with van der Waals surface area (Å²) in [5.74, 6) is -2.58. The van der Waals surface area contributed by atoms with Crippen molar-refractivity contribution in [3.8, 4) is 22.3 Å². The van der Waals surface area contributed by atoms with E-state index < -0.39 is 22.8 Å². The fourth-order valence-corrected chi connectivity index (χ4v) is 6.39. The predicted octanol–water partition coefficient (Wildman–Crippen LogP) is 6.63. The monoisotopic (exact) mass is 784 g/mol. The van der Waals surface area contributed by atoms with Gasteiger partial charge in [0.2, 0.25) is 0 Å². The van der Waals surface area contributed by atoms with Crippen LogP contribution in [0.2, 0.25) is 0 Å². The second-order valence-electron chi connectivity index (χ2n) is 15.4. The number of H-pyrrole nitrogens is 2. The van der Waals surface area contributed by atoms with E-state index in [4.69, 9.17) is 0 Å². The number of rotatable bonds is 16. The second kappa shape index (κ2) is 19.3. The molecule has 58 heavy (non-hydrogen) atoms.